The molecule has 4 rings (SSSR count). The molecular weight excluding hydrogens is 442 g/mol. The highest BCUT2D eigenvalue weighted by Crippen LogP contribution is 2.25. The number of piperazine rings is 1. The number of hydrogen-bond donors (Lipinski definition) is 2. The first kappa shape index (κ1) is 22.7. The van der Waals surface area contributed by atoms with Gasteiger partial charge in [-0.15, -0.1) is 0 Å². The van der Waals surface area contributed by atoms with Gasteiger partial charge >= 0.3 is 11.8 Å². The zero-order chi connectivity index (χ0) is 23.4. The van der Waals surface area contributed by atoms with Crippen LogP contribution in [0.25, 0.3) is 10.9 Å². The molecule has 1 saturated heterocycles. The minimum Gasteiger partial charge on any atom is -0.332 e. The Morgan fingerprint density at radius 3 is 2.52 bits per heavy atom. The van der Waals surface area contributed by atoms with Gasteiger partial charge in [0.25, 0.3) is 0 Å². The summed E-state index contributed by atoms with van der Waals surface area (Å²) in [6, 6.07) is 14.8. The molecule has 170 valence electrons. The van der Waals surface area contributed by atoms with Crippen molar-refractivity contribution in [3.63, 3.8) is 0 Å². The lowest BCUT2D eigenvalue weighted by atomic mass is 10.1. The number of anilines is 2. The molecule has 2 aromatic carbocycles. The Morgan fingerprint density at radius 1 is 1.00 bits per heavy atom. The van der Waals surface area contributed by atoms with E-state index in [-0.39, 0.29) is 5.91 Å². The zero-order valence-corrected chi connectivity index (χ0v) is 18.9. The maximum atomic E-state index is 12.7. The van der Waals surface area contributed by atoms with Crippen LogP contribution in [0, 0.1) is 0 Å². The highest BCUT2D eigenvalue weighted by molar-refractivity contribution is 6.39. The number of benzene rings is 2. The van der Waals surface area contributed by atoms with E-state index in [2.05, 4.69) is 26.6 Å². The molecule has 33 heavy (non-hydrogen) atoms. The van der Waals surface area contributed by atoms with Crippen LogP contribution in [0.15, 0.2) is 54.7 Å². The molecule has 1 fully saturated rings. The van der Waals surface area contributed by atoms with Crippen molar-refractivity contribution in [3.05, 3.63) is 65.3 Å². The Balaban J connectivity index is 1.33. The molecule has 2 N–H and O–H groups in total. The summed E-state index contributed by atoms with van der Waals surface area (Å²) in [7, 11) is 0. The van der Waals surface area contributed by atoms with Gasteiger partial charge in [-0.05, 0) is 29.8 Å². The van der Waals surface area contributed by atoms with E-state index in [4.69, 9.17) is 11.6 Å². The predicted molar refractivity (Wildman–Crippen MR) is 128 cm³/mol. The number of para-hydroxylation sites is 1. The molecule has 0 unspecified atom stereocenters. The molecular formula is C24H24ClN5O3. The molecule has 0 atom stereocenters. The second kappa shape index (κ2) is 9.97. The summed E-state index contributed by atoms with van der Waals surface area (Å²) in [6.07, 6.45) is 1.79. The van der Waals surface area contributed by atoms with Crippen LogP contribution in [0.2, 0.25) is 5.02 Å². The third-order valence-electron chi connectivity index (χ3n) is 5.50. The Bertz CT molecular complexity index is 1200. The lowest BCUT2D eigenvalue weighted by Crippen LogP contribution is -2.51. The lowest BCUT2D eigenvalue weighted by molar-refractivity contribution is -0.144. The summed E-state index contributed by atoms with van der Waals surface area (Å²) >= 11 is 6.05. The van der Waals surface area contributed by atoms with Crippen molar-refractivity contribution in [2.45, 2.75) is 13.5 Å². The number of rotatable bonds is 4. The number of aromatic nitrogens is 1. The fraction of sp³-hybridized carbons (Fsp3) is 0.250. The molecule has 0 saturated carbocycles. The summed E-state index contributed by atoms with van der Waals surface area (Å²) in [4.78, 5) is 44.8. The molecule has 1 aromatic heterocycles. The number of carbonyl (C=O) groups excluding carboxylic acids is 3. The van der Waals surface area contributed by atoms with Gasteiger partial charge in [-0.1, -0.05) is 35.9 Å². The Labute approximate surface area is 196 Å². The molecule has 3 amide bonds. The summed E-state index contributed by atoms with van der Waals surface area (Å²) in [6.45, 7) is 4.34. The normalized spacial score (nSPS) is 14.2. The standard InChI is InChI=1S/C24H24ClN5O3/c1-16(31)27-21-14-19(7-8-20(21)25)28-23(32)24(33)30-12-10-29(11-13-30)15-18-5-2-4-17-6-3-9-26-22(17)18/h2-9,14H,10-13,15H2,1H3,(H,27,31)(H,28,32). The second-order valence-electron chi connectivity index (χ2n) is 7.89. The van der Waals surface area contributed by atoms with E-state index in [0.29, 0.717) is 42.6 Å². The first-order valence-electron chi connectivity index (χ1n) is 10.6. The van der Waals surface area contributed by atoms with Gasteiger partial charge in [0.15, 0.2) is 0 Å². The van der Waals surface area contributed by atoms with Crippen molar-refractivity contribution in [1.82, 2.24) is 14.8 Å². The molecule has 1 aliphatic heterocycles. The number of amides is 3. The third kappa shape index (κ3) is 5.47. The maximum Gasteiger partial charge on any atom is 0.313 e. The number of halogens is 1. The van der Waals surface area contributed by atoms with Crippen LogP contribution in [0.5, 0.6) is 0 Å². The monoisotopic (exact) mass is 465 g/mol. The summed E-state index contributed by atoms with van der Waals surface area (Å²) in [5.41, 5.74) is 2.87. The smallest absolute Gasteiger partial charge is 0.313 e. The van der Waals surface area contributed by atoms with Crippen molar-refractivity contribution < 1.29 is 14.4 Å². The van der Waals surface area contributed by atoms with E-state index in [1.165, 1.54) is 13.0 Å². The van der Waals surface area contributed by atoms with E-state index in [1.54, 1.807) is 23.2 Å². The number of hydrogen-bond acceptors (Lipinski definition) is 5. The first-order valence-corrected chi connectivity index (χ1v) is 11.0. The van der Waals surface area contributed by atoms with E-state index in [1.807, 2.05) is 24.3 Å². The first-order chi connectivity index (χ1) is 15.9. The van der Waals surface area contributed by atoms with Gasteiger partial charge in [0.05, 0.1) is 16.2 Å². The predicted octanol–water partition coefficient (Wildman–Crippen LogP) is 3.13. The van der Waals surface area contributed by atoms with Gasteiger partial charge in [-0.3, -0.25) is 24.3 Å². The van der Waals surface area contributed by atoms with E-state index < -0.39 is 11.8 Å². The minimum absolute atomic E-state index is 0.284. The number of nitrogens with zero attached hydrogens (tertiary/aromatic N) is 3. The fourth-order valence-corrected chi connectivity index (χ4v) is 4.03. The summed E-state index contributed by atoms with van der Waals surface area (Å²) in [5, 5.41) is 6.62. The number of fused-ring (bicyclic) bond motifs is 1. The van der Waals surface area contributed by atoms with Gasteiger partial charge < -0.3 is 15.5 Å². The fourth-order valence-electron chi connectivity index (χ4n) is 3.86. The van der Waals surface area contributed by atoms with Crippen LogP contribution < -0.4 is 10.6 Å². The second-order valence-corrected chi connectivity index (χ2v) is 8.30. The van der Waals surface area contributed by atoms with Crippen molar-refractivity contribution in [3.8, 4) is 0 Å². The van der Waals surface area contributed by atoms with E-state index in [0.717, 1.165) is 23.0 Å². The Hall–Kier alpha value is -3.49. The van der Waals surface area contributed by atoms with Crippen molar-refractivity contribution in [2.24, 2.45) is 0 Å². The molecule has 3 aromatic rings. The number of pyridine rings is 1. The molecule has 2 heterocycles. The van der Waals surface area contributed by atoms with Gasteiger partial charge in [0.2, 0.25) is 5.91 Å². The van der Waals surface area contributed by atoms with Crippen LogP contribution in [0.1, 0.15) is 12.5 Å². The van der Waals surface area contributed by atoms with Crippen LogP contribution in [0.4, 0.5) is 11.4 Å². The number of nitrogens with one attached hydrogen (secondary N) is 2. The van der Waals surface area contributed by atoms with Crippen molar-refractivity contribution in [1.29, 1.82) is 0 Å². The molecule has 0 spiro atoms. The van der Waals surface area contributed by atoms with Crippen molar-refractivity contribution in [2.75, 3.05) is 36.8 Å². The molecule has 0 bridgehead atoms. The Kier molecular flexibility index (Phi) is 6.86. The zero-order valence-electron chi connectivity index (χ0n) is 18.2. The van der Waals surface area contributed by atoms with Crippen LogP contribution in [-0.2, 0) is 20.9 Å². The van der Waals surface area contributed by atoms with Gasteiger partial charge in [-0.25, -0.2) is 0 Å². The molecule has 0 radical (unpaired) electrons. The summed E-state index contributed by atoms with van der Waals surface area (Å²) in [5.74, 6) is -1.59. The maximum absolute atomic E-state index is 12.7. The molecule has 1 aliphatic rings. The highest BCUT2D eigenvalue weighted by atomic mass is 35.5. The number of carbonyl (C=O) groups is 3. The van der Waals surface area contributed by atoms with Crippen molar-refractivity contribution >= 4 is 51.6 Å². The largest absolute Gasteiger partial charge is 0.332 e. The topological polar surface area (TPSA) is 94.6 Å². The van der Waals surface area contributed by atoms with Gasteiger partial charge in [0, 0.05) is 56.9 Å². The van der Waals surface area contributed by atoms with E-state index in [9.17, 15) is 14.4 Å². The van der Waals surface area contributed by atoms with Crippen LogP contribution in [-0.4, -0.2) is 58.7 Å². The lowest BCUT2D eigenvalue weighted by Gasteiger charge is -2.34. The van der Waals surface area contributed by atoms with E-state index >= 15 is 0 Å². The SMILES string of the molecule is CC(=O)Nc1cc(NC(=O)C(=O)N2CCN(Cc3cccc4cccnc34)CC2)ccc1Cl. The average molecular weight is 466 g/mol. The average Bonchev–Trinajstić information content (AvgIpc) is 2.81. The summed E-state index contributed by atoms with van der Waals surface area (Å²) < 4.78 is 0. The van der Waals surface area contributed by atoms with Crippen LogP contribution >= 0.6 is 11.6 Å². The minimum atomic E-state index is -0.724. The molecule has 8 nitrogen and oxygen atoms in total. The van der Waals surface area contributed by atoms with Crippen LogP contribution in [0.3, 0.4) is 0 Å². The highest BCUT2D eigenvalue weighted by Gasteiger charge is 2.26. The quantitative estimate of drug-likeness (QED) is 0.577. The molecule has 0 aliphatic carbocycles. The van der Waals surface area contributed by atoms with Gasteiger partial charge in [0.1, 0.15) is 0 Å². The molecule has 9 heteroatoms. The Morgan fingerprint density at radius 2 is 1.76 bits per heavy atom. The van der Waals surface area contributed by atoms with Gasteiger partial charge in [-0.2, -0.15) is 0 Å². The third-order valence-corrected chi connectivity index (χ3v) is 5.83.